The topological polar surface area (TPSA) is 123 Å². The third kappa shape index (κ3) is 9.08. The molecule has 4 aromatic carbocycles. The van der Waals surface area contributed by atoms with Gasteiger partial charge in [-0.15, -0.1) is 0 Å². The molecular formula is C35H36FN3O7S. The molecule has 2 N–H and O–H groups in total. The Hall–Kier alpha value is -4.94. The molecule has 2 unspecified atom stereocenters. The monoisotopic (exact) mass is 661 g/mol. The zero-order valence-corrected chi connectivity index (χ0v) is 26.6. The van der Waals surface area contributed by atoms with Gasteiger partial charge in [0.15, 0.2) is 6.61 Å². The zero-order chi connectivity index (χ0) is 33.2. The van der Waals surface area contributed by atoms with E-state index in [4.69, 9.17) is 14.2 Å². The number of methoxy groups -OCH3 is 1. The number of halogens is 1. The van der Waals surface area contributed by atoms with Crippen molar-refractivity contribution in [2.45, 2.75) is 36.4 Å². The largest absolute Gasteiger partial charge is 0.497 e. The summed E-state index contributed by atoms with van der Waals surface area (Å²) in [4.78, 5) is 29.1. The van der Waals surface area contributed by atoms with E-state index in [9.17, 15) is 22.4 Å². The lowest BCUT2D eigenvalue weighted by molar-refractivity contribution is -0.143. The Kier molecular flexibility index (Phi) is 11.1. The first-order valence-corrected chi connectivity index (χ1v) is 16.6. The van der Waals surface area contributed by atoms with E-state index in [1.807, 2.05) is 30.3 Å². The van der Waals surface area contributed by atoms with Crippen LogP contribution in [0.5, 0.6) is 11.5 Å². The third-order valence-electron chi connectivity index (χ3n) is 7.63. The maximum atomic E-state index is 13.9. The van der Waals surface area contributed by atoms with E-state index in [0.717, 1.165) is 30.5 Å². The van der Waals surface area contributed by atoms with Gasteiger partial charge in [0.1, 0.15) is 23.4 Å². The Bertz CT molecular complexity index is 1730. The summed E-state index contributed by atoms with van der Waals surface area (Å²) in [6.45, 7) is 0.665. The lowest BCUT2D eigenvalue weighted by Crippen LogP contribution is -2.46. The number of sulfonamides is 1. The molecule has 12 heteroatoms. The highest BCUT2D eigenvalue weighted by molar-refractivity contribution is 7.92. The van der Waals surface area contributed by atoms with E-state index in [2.05, 4.69) is 10.0 Å². The van der Waals surface area contributed by atoms with Crippen LogP contribution in [0.15, 0.2) is 108 Å². The molecule has 47 heavy (non-hydrogen) atoms. The number of amides is 2. The van der Waals surface area contributed by atoms with Crippen LogP contribution in [0.2, 0.25) is 0 Å². The van der Waals surface area contributed by atoms with Crippen LogP contribution in [0.4, 0.5) is 10.1 Å². The van der Waals surface area contributed by atoms with Gasteiger partial charge < -0.3 is 24.4 Å². The molecule has 1 saturated heterocycles. The number of benzene rings is 4. The van der Waals surface area contributed by atoms with Crippen molar-refractivity contribution >= 4 is 27.5 Å². The molecule has 1 aliphatic rings. The van der Waals surface area contributed by atoms with Gasteiger partial charge in [0.25, 0.3) is 15.9 Å². The first kappa shape index (κ1) is 33.4. The van der Waals surface area contributed by atoms with Gasteiger partial charge in [-0.1, -0.05) is 42.5 Å². The second-order valence-corrected chi connectivity index (χ2v) is 12.6. The molecule has 10 nitrogen and oxygen atoms in total. The summed E-state index contributed by atoms with van der Waals surface area (Å²) in [7, 11) is -2.39. The molecule has 0 aromatic heterocycles. The first-order valence-electron chi connectivity index (χ1n) is 15.1. The molecule has 0 saturated carbocycles. The summed E-state index contributed by atoms with van der Waals surface area (Å²) < 4.78 is 58.0. The van der Waals surface area contributed by atoms with Crippen molar-refractivity contribution in [1.82, 2.24) is 10.2 Å². The number of carbonyl (C=O) groups is 2. The lowest BCUT2D eigenvalue weighted by atomic mass is 10.0. The first-order chi connectivity index (χ1) is 22.7. The zero-order valence-electron chi connectivity index (χ0n) is 25.8. The van der Waals surface area contributed by atoms with Crippen LogP contribution in [-0.2, 0) is 30.9 Å². The number of nitrogens with one attached hydrogen (secondary N) is 2. The number of hydrogen-bond acceptors (Lipinski definition) is 7. The predicted octanol–water partition coefficient (Wildman–Crippen LogP) is 5.08. The van der Waals surface area contributed by atoms with Crippen LogP contribution in [-0.4, -0.2) is 58.1 Å². The fraction of sp³-hybridized carbons (Fsp3) is 0.257. The number of nitrogens with zero attached hydrogens (tertiary/aromatic N) is 1. The fourth-order valence-corrected chi connectivity index (χ4v) is 6.21. The van der Waals surface area contributed by atoms with Crippen molar-refractivity contribution in [3.05, 3.63) is 120 Å². The molecule has 246 valence electrons. The summed E-state index contributed by atoms with van der Waals surface area (Å²) in [5, 5.41) is 2.98. The molecule has 0 aliphatic carbocycles. The molecule has 4 aromatic rings. The molecule has 1 fully saturated rings. The van der Waals surface area contributed by atoms with E-state index in [1.165, 1.54) is 41.3 Å². The van der Waals surface area contributed by atoms with Crippen molar-refractivity contribution in [2.75, 3.05) is 31.6 Å². The summed E-state index contributed by atoms with van der Waals surface area (Å²) in [5.41, 5.74) is 1.61. The summed E-state index contributed by atoms with van der Waals surface area (Å²) >= 11 is 0. The Labute approximate surface area is 273 Å². The molecule has 0 bridgehead atoms. The van der Waals surface area contributed by atoms with Gasteiger partial charge in [0, 0.05) is 25.4 Å². The maximum Gasteiger partial charge on any atom is 0.261 e. The fourth-order valence-electron chi connectivity index (χ4n) is 5.15. The lowest BCUT2D eigenvalue weighted by Gasteiger charge is -2.32. The number of carbonyl (C=O) groups excluding carboxylic acids is 2. The van der Waals surface area contributed by atoms with Gasteiger partial charge >= 0.3 is 0 Å². The number of hydrogen-bond donors (Lipinski definition) is 2. The standard InChI is InChI=1S/C35H36FN3O7S/c1-44-29-15-9-25(10-16-29)23-39(34(26-6-3-2-4-7-26)35(41)37-22-31-8-5-21-45-31)33(40)24-46-30-17-19-32(20-18-30)47(42,43)38-28-13-11-27(36)12-14-28/h2-4,6-7,9-20,31,34,38H,5,8,21-24H2,1H3,(H,37,41). The van der Waals surface area contributed by atoms with Crippen molar-refractivity contribution in [3.63, 3.8) is 0 Å². The van der Waals surface area contributed by atoms with Crippen molar-refractivity contribution < 1.29 is 36.6 Å². The van der Waals surface area contributed by atoms with Crippen LogP contribution >= 0.6 is 0 Å². The van der Waals surface area contributed by atoms with E-state index < -0.39 is 34.4 Å². The molecule has 0 spiro atoms. The van der Waals surface area contributed by atoms with Gasteiger partial charge in [-0.3, -0.25) is 14.3 Å². The average Bonchev–Trinajstić information content (AvgIpc) is 3.62. The average molecular weight is 662 g/mol. The SMILES string of the molecule is COc1ccc(CN(C(=O)COc2ccc(S(=O)(=O)Nc3ccc(F)cc3)cc2)C(C(=O)NCC2CCCO2)c2ccccc2)cc1. The molecule has 0 radical (unpaired) electrons. The van der Waals surface area contributed by atoms with Gasteiger partial charge in [-0.05, 0) is 84.6 Å². The molecule has 5 rings (SSSR count). The van der Waals surface area contributed by atoms with Crippen molar-refractivity contribution in [3.8, 4) is 11.5 Å². The quantitative estimate of drug-likeness (QED) is 0.193. The summed E-state index contributed by atoms with van der Waals surface area (Å²) in [6, 6.07) is 25.8. The van der Waals surface area contributed by atoms with E-state index in [-0.39, 0.29) is 34.9 Å². The van der Waals surface area contributed by atoms with Gasteiger partial charge in [-0.2, -0.15) is 0 Å². The Balaban J connectivity index is 1.34. The van der Waals surface area contributed by atoms with Crippen LogP contribution < -0.4 is 19.5 Å². The van der Waals surface area contributed by atoms with Crippen LogP contribution in [0, 0.1) is 5.82 Å². The van der Waals surface area contributed by atoms with Crippen LogP contribution in [0.3, 0.4) is 0 Å². The van der Waals surface area contributed by atoms with Gasteiger partial charge in [-0.25, -0.2) is 12.8 Å². The highest BCUT2D eigenvalue weighted by Crippen LogP contribution is 2.26. The smallest absolute Gasteiger partial charge is 0.261 e. The second kappa shape index (κ2) is 15.6. The number of ether oxygens (including phenoxy) is 3. The van der Waals surface area contributed by atoms with E-state index in [1.54, 1.807) is 31.4 Å². The van der Waals surface area contributed by atoms with Crippen LogP contribution in [0.1, 0.15) is 30.0 Å². The predicted molar refractivity (Wildman–Crippen MR) is 174 cm³/mol. The maximum absolute atomic E-state index is 13.9. The van der Waals surface area contributed by atoms with Gasteiger partial charge in [0.2, 0.25) is 5.91 Å². The molecule has 1 aliphatic heterocycles. The highest BCUT2D eigenvalue weighted by Gasteiger charge is 2.32. The summed E-state index contributed by atoms with van der Waals surface area (Å²) in [5.74, 6) is -0.390. The Morgan fingerprint density at radius 1 is 0.936 bits per heavy atom. The minimum atomic E-state index is -3.96. The van der Waals surface area contributed by atoms with E-state index >= 15 is 0 Å². The van der Waals surface area contributed by atoms with Crippen molar-refractivity contribution in [2.24, 2.45) is 0 Å². The summed E-state index contributed by atoms with van der Waals surface area (Å²) in [6.07, 6.45) is 1.70. The highest BCUT2D eigenvalue weighted by atomic mass is 32.2. The molecular weight excluding hydrogens is 625 g/mol. The van der Waals surface area contributed by atoms with Gasteiger partial charge in [0.05, 0.1) is 18.1 Å². The molecule has 2 atom stereocenters. The number of anilines is 1. The Morgan fingerprint density at radius 3 is 2.26 bits per heavy atom. The number of rotatable bonds is 14. The molecule has 1 heterocycles. The van der Waals surface area contributed by atoms with Crippen LogP contribution in [0.25, 0.3) is 0 Å². The Morgan fingerprint density at radius 2 is 1.62 bits per heavy atom. The minimum Gasteiger partial charge on any atom is -0.497 e. The van der Waals surface area contributed by atoms with Crippen molar-refractivity contribution in [1.29, 1.82) is 0 Å². The normalized spacial score (nSPS) is 15.0. The molecule has 2 amide bonds. The van der Waals surface area contributed by atoms with E-state index in [0.29, 0.717) is 24.5 Å². The second-order valence-electron chi connectivity index (χ2n) is 10.9. The minimum absolute atomic E-state index is 0.0475. The third-order valence-corrected chi connectivity index (χ3v) is 9.03.